The largest absolute Gasteiger partial charge is 0.481 e. The van der Waals surface area contributed by atoms with Crippen LogP contribution >= 0.6 is 11.6 Å². The number of ether oxygens (including phenoxy) is 1. The Kier molecular flexibility index (Phi) is 7.03. The van der Waals surface area contributed by atoms with Crippen molar-refractivity contribution in [2.24, 2.45) is 11.8 Å². The number of amides is 2. The lowest BCUT2D eigenvalue weighted by molar-refractivity contribution is -0.149. The molecule has 0 aromatic heterocycles. The molecule has 3 heterocycles. The van der Waals surface area contributed by atoms with Gasteiger partial charge in [0.15, 0.2) is 0 Å². The smallest absolute Gasteiger partial charge is 0.310 e. The molecule has 3 fully saturated rings. The van der Waals surface area contributed by atoms with Gasteiger partial charge < -0.3 is 24.7 Å². The minimum Gasteiger partial charge on any atom is -0.481 e. The molecule has 2 N–H and O–H groups in total. The fraction of sp³-hybridized carbons (Fsp3) is 0.560. The summed E-state index contributed by atoms with van der Waals surface area (Å²) in [5.74, 6) is -3.61. The van der Waals surface area contributed by atoms with Gasteiger partial charge in [0.2, 0.25) is 5.91 Å². The van der Waals surface area contributed by atoms with E-state index in [9.17, 15) is 19.5 Å². The Hall–Kier alpha value is -2.42. The van der Waals surface area contributed by atoms with Crippen LogP contribution in [0.3, 0.4) is 0 Å². The molecule has 3 aliphatic heterocycles. The summed E-state index contributed by atoms with van der Waals surface area (Å²) in [6.45, 7) is 6.17. The van der Waals surface area contributed by atoms with Gasteiger partial charge in [-0.25, -0.2) is 0 Å². The molecule has 5 atom stereocenters. The standard InChI is InChI=1S/C25H31ClN2O6/c1-3-12-27(20-15(2)8-7-9-16(20)26)23(31)21-25-11-10-17(34-25)18(24(32)33)19(25)22(30)28(21)13-5-4-6-14-29/h3,7-9,17-19,21,29H,1,4-6,10-14H2,2H3,(H,32,33)/t17-,18+,19+,21-,25+/m1/s1. The highest BCUT2D eigenvalue weighted by molar-refractivity contribution is 6.34. The van der Waals surface area contributed by atoms with Crippen LogP contribution in [-0.2, 0) is 19.1 Å². The molecule has 1 aromatic rings. The molecule has 0 unspecified atom stereocenters. The Labute approximate surface area is 204 Å². The Morgan fingerprint density at radius 3 is 2.76 bits per heavy atom. The Balaban J connectivity index is 1.76. The molecule has 34 heavy (non-hydrogen) atoms. The Morgan fingerprint density at radius 2 is 2.12 bits per heavy atom. The van der Waals surface area contributed by atoms with Crippen molar-refractivity contribution in [3.8, 4) is 0 Å². The van der Waals surface area contributed by atoms with Gasteiger partial charge >= 0.3 is 5.97 Å². The second kappa shape index (κ2) is 9.68. The molecule has 184 valence electrons. The van der Waals surface area contributed by atoms with E-state index < -0.39 is 35.6 Å². The van der Waals surface area contributed by atoms with Crippen LogP contribution < -0.4 is 4.90 Å². The molecule has 9 heteroatoms. The van der Waals surface area contributed by atoms with Gasteiger partial charge in [0, 0.05) is 19.7 Å². The summed E-state index contributed by atoms with van der Waals surface area (Å²) in [7, 11) is 0. The molecule has 1 spiro atoms. The van der Waals surface area contributed by atoms with Crippen molar-refractivity contribution >= 4 is 35.1 Å². The third-order valence-corrected chi connectivity index (χ3v) is 7.72. The second-order valence-electron chi connectivity index (χ2n) is 9.35. The quantitative estimate of drug-likeness (QED) is 0.386. The number of hydrogen-bond acceptors (Lipinski definition) is 5. The first kappa shape index (κ1) is 24.7. The SMILES string of the molecule is C=CCN(C(=O)[C@H]1N(CCCCCO)C(=O)[C@@H]2[C@@H](C(=O)O)[C@H]3CC[C@]21O3)c1c(C)cccc1Cl. The monoisotopic (exact) mass is 490 g/mol. The molecule has 2 bridgehead atoms. The number of aliphatic carboxylic acids is 1. The number of carboxylic acids is 1. The highest BCUT2D eigenvalue weighted by Gasteiger charge is 2.74. The molecule has 0 saturated carbocycles. The van der Waals surface area contributed by atoms with E-state index in [4.69, 9.17) is 21.4 Å². The maximum absolute atomic E-state index is 14.2. The topological polar surface area (TPSA) is 107 Å². The van der Waals surface area contributed by atoms with E-state index >= 15 is 0 Å². The molecule has 1 aromatic carbocycles. The van der Waals surface area contributed by atoms with E-state index in [1.807, 2.05) is 13.0 Å². The molecular weight excluding hydrogens is 460 g/mol. The third kappa shape index (κ3) is 3.82. The Bertz CT molecular complexity index is 979. The summed E-state index contributed by atoms with van der Waals surface area (Å²) in [5, 5.41) is 19.4. The predicted molar refractivity (Wildman–Crippen MR) is 127 cm³/mol. The van der Waals surface area contributed by atoms with Crippen LogP contribution in [0.2, 0.25) is 5.02 Å². The number of nitrogens with zero attached hydrogens (tertiary/aromatic N) is 2. The van der Waals surface area contributed by atoms with Crippen LogP contribution in [-0.4, -0.2) is 70.3 Å². The van der Waals surface area contributed by atoms with Crippen LogP contribution in [0.5, 0.6) is 0 Å². The number of likely N-dealkylation sites (tertiary alicyclic amines) is 1. The lowest BCUT2D eigenvalue weighted by Crippen LogP contribution is -2.56. The molecule has 3 aliphatic rings. The lowest BCUT2D eigenvalue weighted by atomic mass is 9.70. The average Bonchev–Trinajstić information content (AvgIpc) is 3.43. The molecule has 3 saturated heterocycles. The van der Waals surface area contributed by atoms with Crippen molar-refractivity contribution in [2.45, 2.75) is 56.8 Å². The van der Waals surface area contributed by atoms with Crippen LogP contribution in [0.4, 0.5) is 5.69 Å². The van der Waals surface area contributed by atoms with Gasteiger partial charge in [-0.05, 0) is 50.7 Å². The van der Waals surface area contributed by atoms with Crippen LogP contribution in [0.15, 0.2) is 30.9 Å². The molecule has 0 radical (unpaired) electrons. The van der Waals surface area contributed by atoms with Crippen LogP contribution in [0.1, 0.15) is 37.7 Å². The first-order valence-corrected chi connectivity index (χ1v) is 12.2. The molecule has 0 aliphatic carbocycles. The zero-order valence-corrected chi connectivity index (χ0v) is 20.0. The number of para-hydroxylation sites is 1. The van der Waals surface area contributed by atoms with Crippen molar-refractivity contribution < 1.29 is 29.3 Å². The number of benzene rings is 1. The van der Waals surface area contributed by atoms with Crippen molar-refractivity contribution in [1.29, 1.82) is 0 Å². The number of anilines is 1. The molecule has 4 rings (SSSR count). The number of fused-ring (bicyclic) bond motifs is 1. The van der Waals surface area contributed by atoms with Crippen molar-refractivity contribution in [3.05, 3.63) is 41.4 Å². The normalized spacial score (nSPS) is 29.4. The minimum absolute atomic E-state index is 0.0492. The lowest BCUT2D eigenvalue weighted by Gasteiger charge is -2.37. The number of carbonyl (C=O) groups excluding carboxylic acids is 2. The first-order chi connectivity index (χ1) is 16.3. The van der Waals surface area contributed by atoms with E-state index in [1.165, 1.54) is 9.80 Å². The average molecular weight is 491 g/mol. The fourth-order valence-electron chi connectivity index (χ4n) is 6.06. The number of aliphatic hydroxyl groups is 1. The number of aryl methyl sites for hydroxylation is 1. The third-order valence-electron chi connectivity index (χ3n) is 7.41. The van der Waals surface area contributed by atoms with Gasteiger partial charge in [0.25, 0.3) is 5.91 Å². The summed E-state index contributed by atoms with van der Waals surface area (Å²) in [6, 6.07) is 4.41. The molecule has 8 nitrogen and oxygen atoms in total. The van der Waals surface area contributed by atoms with E-state index in [-0.39, 0.29) is 31.5 Å². The highest BCUT2D eigenvalue weighted by Crippen LogP contribution is 2.58. The van der Waals surface area contributed by atoms with Crippen molar-refractivity contribution in [3.63, 3.8) is 0 Å². The maximum atomic E-state index is 14.2. The predicted octanol–water partition coefficient (Wildman–Crippen LogP) is 2.79. The first-order valence-electron chi connectivity index (χ1n) is 11.8. The molecule has 2 amide bonds. The van der Waals surface area contributed by atoms with Gasteiger partial charge in [-0.15, -0.1) is 6.58 Å². The van der Waals surface area contributed by atoms with Crippen LogP contribution in [0.25, 0.3) is 0 Å². The number of carbonyl (C=O) groups is 3. The number of unbranched alkanes of at least 4 members (excludes halogenated alkanes) is 2. The van der Waals surface area contributed by atoms with E-state index in [2.05, 4.69) is 6.58 Å². The molecular formula is C25H31ClN2O6. The van der Waals surface area contributed by atoms with E-state index in [0.717, 1.165) is 5.56 Å². The van der Waals surface area contributed by atoms with Gasteiger partial charge in [0.1, 0.15) is 11.6 Å². The zero-order valence-electron chi connectivity index (χ0n) is 19.3. The van der Waals surface area contributed by atoms with Gasteiger partial charge in [-0.2, -0.15) is 0 Å². The van der Waals surface area contributed by atoms with E-state index in [0.29, 0.717) is 42.8 Å². The summed E-state index contributed by atoms with van der Waals surface area (Å²) in [4.78, 5) is 43.0. The maximum Gasteiger partial charge on any atom is 0.310 e. The van der Waals surface area contributed by atoms with Crippen molar-refractivity contribution in [1.82, 2.24) is 4.90 Å². The van der Waals surface area contributed by atoms with Gasteiger partial charge in [0.05, 0.1) is 28.6 Å². The van der Waals surface area contributed by atoms with Crippen LogP contribution in [0, 0.1) is 18.8 Å². The minimum atomic E-state index is -1.17. The number of halogens is 1. The highest BCUT2D eigenvalue weighted by atomic mass is 35.5. The summed E-state index contributed by atoms with van der Waals surface area (Å²) in [5.41, 5.74) is 0.174. The second-order valence-corrected chi connectivity index (χ2v) is 9.76. The number of aliphatic hydroxyl groups excluding tert-OH is 1. The number of carboxylic acid groups (broad SMARTS) is 1. The zero-order chi connectivity index (χ0) is 24.6. The van der Waals surface area contributed by atoms with Gasteiger partial charge in [-0.1, -0.05) is 29.8 Å². The number of rotatable bonds is 10. The van der Waals surface area contributed by atoms with Crippen molar-refractivity contribution in [2.75, 3.05) is 24.6 Å². The number of hydrogen-bond donors (Lipinski definition) is 2. The van der Waals surface area contributed by atoms with E-state index in [1.54, 1.807) is 18.2 Å². The fourth-order valence-corrected chi connectivity index (χ4v) is 6.38. The summed E-state index contributed by atoms with van der Waals surface area (Å²) in [6.07, 6.45) is 3.84. The summed E-state index contributed by atoms with van der Waals surface area (Å²) >= 11 is 6.51. The van der Waals surface area contributed by atoms with Gasteiger partial charge in [-0.3, -0.25) is 14.4 Å². The summed E-state index contributed by atoms with van der Waals surface area (Å²) < 4.78 is 6.25. The Morgan fingerprint density at radius 1 is 1.35 bits per heavy atom.